The lowest BCUT2D eigenvalue weighted by atomic mass is 10.0. The molecule has 1 unspecified atom stereocenters. The van der Waals surface area contributed by atoms with Gasteiger partial charge >= 0.3 is 0 Å². The Kier molecular flexibility index (Phi) is 6.76. The van der Waals surface area contributed by atoms with E-state index in [4.69, 9.17) is 11.6 Å². The van der Waals surface area contributed by atoms with Crippen molar-refractivity contribution in [3.05, 3.63) is 70.2 Å². The predicted molar refractivity (Wildman–Crippen MR) is 96.1 cm³/mol. The van der Waals surface area contributed by atoms with Crippen LogP contribution in [0.25, 0.3) is 0 Å². The molecule has 1 N–H and O–H groups in total. The molecule has 1 fully saturated rings. The van der Waals surface area contributed by atoms with Gasteiger partial charge in [0.25, 0.3) is 0 Å². The SMILES string of the molecule is Cl.O=C(Cc1c(F)cccc1F)N1CCNCC1c1ccccc1Cl. The lowest BCUT2D eigenvalue weighted by Crippen LogP contribution is -2.49. The van der Waals surface area contributed by atoms with Gasteiger partial charge in [0.2, 0.25) is 5.91 Å². The molecule has 0 radical (unpaired) electrons. The standard InChI is InChI=1S/C18H17ClF2N2O.ClH/c19-14-5-2-1-4-12(14)17-11-22-8-9-23(17)18(24)10-13-15(20)6-3-7-16(13)21;/h1-7,17,22H,8-11H2;1H. The second-order valence-corrected chi connectivity index (χ2v) is 6.11. The number of rotatable bonds is 3. The van der Waals surface area contributed by atoms with Crippen molar-refractivity contribution in [2.45, 2.75) is 12.5 Å². The van der Waals surface area contributed by atoms with E-state index in [9.17, 15) is 13.6 Å². The van der Waals surface area contributed by atoms with Crippen molar-refractivity contribution >= 4 is 29.9 Å². The van der Waals surface area contributed by atoms with Gasteiger partial charge in [0, 0.05) is 30.2 Å². The Balaban J connectivity index is 0.00000225. The highest BCUT2D eigenvalue weighted by Gasteiger charge is 2.30. The minimum Gasteiger partial charge on any atom is -0.333 e. The normalized spacial score (nSPS) is 17.1. The monoisotopic (exact) mass is 386 g/mol. The fourth-order valence-corrected chi connectivity index (χ4v) is 3.24. The molecule has 0 saturated carbocycles. The second-order valence-electron chi connectivity index (χ2n) is 5.71. The summed E-state index contributed by atoms with van der Waals surface area (Å²) in [6, 6.07) is 10.7. The number of piperazine rings is 1. The first-order chi connectivity index (χ1) is 11.6. The van der Waals surface area contributed by atoms with Crippen molar-refractivity contribution in [2.75, 3.05) is 19.6 Å². The van der Waals surface area contributed by atoms with Crippen LogP contribution in [0.15, 0.2) is 42.5 Å². The van der Waals surface area contributed by atoms with Gasteiger partial charge in [-0.25, -0.2) is 8.78 Å². The third kappa shape index (κ3) is 4.29. The Labute approximate surface area is 156 Å². The number of amides is 1. The molecule has 0 bridgehead atoms. The maximum atomic E-state index is 13.8. The third-order valence-electron chi connectivity index (χ3n) is 4.22. The van der Waals surface area contributed by atoms with Crippen molar-refractivity contribution < 1.29 is 13.6 Å². The predicted octanol–water partition coefficient (Wildman–Crippen LogP) is 3.76. The number of nitrogens with zero attached hydrogens (tertiary/aromatic N) is 1. The number of hydrogen-bond acceptors (Lipinski definition) is 2. The molecule has 0 aromatic heterocycles. The van der Waals surface area contributed by atoms with E-state index in [1.54, 1.807) is 11.0 Å². The number of benzene rings is 2. The summed E-state index contributed by atoms with van der Waals surface area (Å²) in [5.74, 6) is -1.72. The van der Waals surface area contributed by atoms with Crippen LogP contribution in [0.5, 0.6) is 0 Å². The molecule has 7 heteroatoms. The summed E-state index contributed by atoms with van der Waals surface area (Å²) in [7, 11) is 0. The van der Waals surface area contributed by atoms with E-state index in [1.807, 2.05) is 18.2 Å². The van der Waals surface area contributed by atoms with Gasteiger partial charge in [0.15, 0.2) is 0 Å². The second kappa shape index (κ2) is 8.61. The molecular weight excluding hydrogens is 369 g/mol. The Morgan fingerprint density at radius 3 is 2.52 bits per heavy atom. The molecule has 25 heavy (non-hydrogen) atoms. The summed E-state index contributed by atoms with van der Waals surface area (Å²) >= 11 is 6.25. The number of carbonyl (C=O) groups is 1. The molecule has 2 aromatic rings. The van der Waals surface area contributed by atoms with Crippen LogP contribution < -0.4 is 5.32 Å². The van der Waals surface area contributed by atoms with Gasteiger partial charge in [0.05, 0.1) is 12.5 Å². The first-order valence-corrected chi connectivity index (χ1v) is 8.13. The Morgan fingerprint density at radius 2 is 1.84 bits per heavy atom. The van der Waals surface area contributed by atoms with Crippen LogP contribution in [0.4, 0.5) is 8.78 Å². The van der Waals surface area contributed by atoms with E-state index in [0.717, 1.165) is 17.7 Å². The van der Waals surface area contributed by atoms with Gasteiger partial charge in [-0.3, -0.25) is 4.79 Å². The number of nitrogens with one attached hydrogen (secondary N) is 1. The highest BCUT2D eigenvalue weighted by Crippen LogP contribution is 2.29. The lowest BCUT2D eigenvalue weighted by molar-refractivity contribution is -0.133. The molecule has 3 rings (SSSR count). The van der Waals surface area contributed by atoms with Crippen LogP contribution >= 0.6 is 24.0 Å². The van der Waals surface area contributed by atoms with Crippen molar-refractivity contribution in [1.82, 2.24) is 10.2 Å². The van der Waals surface area contributed by atoms with E-state index >= 15 is 0 Å². The summed E-state index contributed by atoms with van der Waals surface area (Å²) in [4.78, 5) is 14.3. The summed E-state index contributed by atoms with van der Waals surface area (Å²) in [5, 5.41) is 3.80. The van der Waals surface area contributed by atoms with Gasteiger partial charge in [0.1, 0.15) is 11.6 Å². The highest BCUT2D eigenvalue weighted by molar-refractivity contribution is 6.31. The van der Waals surface area contributed by atoms with Gasteiger partial charge in [-0.1, -0.05) is 35.9 Å². The zero-order chi connectivity index (χ0) is 17.1. The van der Waals surface area contributed by atoms with Gasteiger partial charge in [-0.05, 0) is 23.8 Å². The number of hydrogen-bond donors (Lipinski definition) is 1. The molecule has 3 nitrogen and oxygen atoms in total. The molecule has 1 aliphatic heterocycles. The summed E-state index contributed by atoms with van der Waals surface area (Å²) in [6.07, 6.45) is -0.306. The molecule has 0 aliphatic carbocycles. The molecule has 134 valence electrons. The smallest absolute Gasteiger partial charge is 0.227 e. The molecular formula is C18H18Cl2F2N2O. The molecule has 1 heterocycles. The summed E-state index contributed by atoms with van der Waals surface area (Å²) < 4.78 is 27.6. The highest BCUT2D eigenvalue weighted by atomic mass is 35.5. The molecule has 2 aromatic carbocycles. The number of carbonyl (C=O) groups excluding carboxylic acids is 1. The Hall–Kier alpha value is -1.69. The van der Waals surface area contributed by atoms with Gasteiger partial charge in [-0.15, -0.1) is 12.4 Å². The number of halogens is 4. The largest absolute Gasteiger partial charge is 0.333 e. The van der Waals surface area contributed by atoms with Crippen molar-refractivity contribution in [3.8, 4) is 0 Å². The van der Waals surface area contributed by atoms with E-state index in [0.29, 0.717) is 24.7 Å². The fraction of sp³-hybridized carbons (Fsp3) is 0.278. The summed E-state index contributed by atoms with van der Waals surface area (Å²) in [5.41, 5.74) is 0.632. The average Bonchev–Trinajstić information content (AvgIpc) is 2.58. The van der Waals surface area contributed by atoms with E-state index in [-0.39, 0.29) is 36.3 Å². The molecule has 1 amide bonds. The molecule has 0 spiro atoms. The van der Waals surface area contributed by atoms with Gasteiger partial charge < -0.3 is 10.2 Å². The van der Waals surface area contributed by atoms with Crippen LogP contribution in [0.3, 0.4) is 0 Å². The minimum absolute atomic E-state index is 0. The molecule has 1 saturated heterocycles. The molecule has 1 aliphatic rings. The maximum absolute atomic E-state index is 13.8. The van der Waals surface area contributed by atoms with Crippen LogP contribution in [0.2, 0.25) is 5.02 Å². The average molecular weight is 387 g/mol. The fourth-order valence-electron chi connectivity index (χ4n) is 2.98. The van der Waals surface area contributed by atoms with Crippen molar-refractivity contribution in [1.29, 1.82) is 0 Å². The minimum atomic E-state index is -0.701. The van der Waals surface area contributed by atoms with Crippen LogP contribution in [-0.4, -0.2) is 30.4 Å². The Morgan fingerprint density at radius 1 is 1.16 bits per heavy atom. The van der Waals surface area contributed by atoms with Crippen molar-refractivity contribution in [2.24, 2.45) is 0 Å². The molecule has 1 atom stereocenters. The Bertz CT molecular complexity index is 737. The van der Waals surface area contributed by atoms with Crippen LogP contribution in [0, 0.1) is 11.6 Å². The topological polar surface area (TPSA) is 32.3 Å². The van der Waals surface area contributed by atoms with E-state index < -0.39 is 11.6 Å². The van der Waals surface area contributed by atoms with Crippen LogP contribution in [0.1, 0.15) is 17.2 Å². The lowest BCUT2D eigenvalue weighted by Gasteiger charge is -2.37. The van der Waals surface area contributed by atoms with Gasteiger partial charge in [-0.2, -0.15) is 0 Å². The van der Waals surface area contributed by atoms with Crippen LogP contribution in [-0.2, 0) is 11.2 Å². The maximum Gasteiger partial charge on any atom is 0.227 e. The van der Waals surface area contributed by atoms with Crippen molar-refractivity contribution in [3.63, 3.8) is 0 Å². The summed E-state index contributed by atoms with van der Waals surface area (Å²) in [6.45, 7) is 1.65. The third-order valence-corrected chi connectivity index (χ3v) is 4.56. The first kappa shape index (κ1) is 19.6. The zero-order valence-electron chi connectivity index (χ0n) is 13.3. The zero-order valence-corrected chi connectivity index (χ0v) is 14.9. The van der Waals surface area contributed by atoms with E-state index in [2.05, 4.69) is 5.32 Å². The van der Waals surface area contributed by atoms with E-state index in [1.165, 1.54) is 6.07 Å². The quantitative estimate of drug-likeness (QED) is 0.870. The first-order valence-electron chi connectivity index (χ1n) is 7.75.